The molecule has 1 amide bonds. The number of hydrogen-bond acceptors (Lipinski definition) is 4. The Morgan fingerprint density at radius 1 is 1.38 bits per heavy atom. The Labute approximate surface area is 142 Å². The summed E-state index contributed by atoms with van der Waals surface area (Å²) >= 11 is 0. The molecule has 0 aliphatic carbocycles. The maximum atomic E-state index is 12.6. The number of imidazole rings is 1. The number of aromatic nitrogens is 4. The molecule has 24 heavy (non-hydrogen) atoms. The van der Waals surface area contributed by atoms with Gasteiger partial charge in [0, 0.05) is 43.0 Å². The van der Waals surface area contributed by atoms with E-state index in [1.165, 1.54) is 0 Å². The molecular weight excluding hydrogens is 302 g/mol. The second kappa shape index (κ2) is 7.11. The van der Waals surface area contributed by atoms with Crippen molar-refractivity contribution in [1.29, 1.82) is 0 Å². The lowest BCUT2D eigenvalue weighted by atomic mass is 10.0. The quantitative estimate of drug-likeness (QED) is 0.916. The predicted octanol–water partition coefficient (Wildman–Crippen LogP) is 2.93. The number of H-pyrrole nitrogens is 1. The Balaban J connectivity index is 1.77. The summed E-state index contributed by atoms with van der Waals surface area (Å²) in [6.07, 6.45) is 6.29. The fourth-order valence-electron chi connectivity index (χ4n) is 3.42. The Kier molecular flexibility index (Phi) is 4.92. The second-order valence-electron chi connectivity index (χ2n) is 6.45. The van der Waals surface area contributed by atoms with E-state index in [-0.39, 0.29) is 11.8 Å². The molecule has 2 aromatic heterocycles. The molecule has 6 nitrogen and oxygen atoms in total. The van der Waals surface area contributed by atoms with E-state index in [2.05, 4.69) is 33.8 Å². The van der Waals surface area contributed by atoms with Crippen LogP contribution in [0.3, 0.4) is 0 Å². The highest BCUT2D eigenvalue weighted by atomic mass is 16.2. The molecule has 0 spiro atoms. The van der Waals surface area contributed by atoms with Crippen LogP contribution in [0.15, 0.2) is 18.5 Å². The van der Waals surface area contributed by atoms with Crippen LogP contribution in [0.2, 0.25) is 0 Å². The average Bonchev–Trinajstić information content (AvgIpc) is 3.27. The third-order valence-corrected chi connectivity index (χ3v) is 4.85. The van der Waals surface area contributed by atoms with E-state index in [0.29, 0.717) is 5.91 Å². The summed E-state index contributed by atoms with van der Waals surface area (Å²) in [5.74, 6) is 2.21. The first-order valence-corrected chi connectivity index (χ1v) is 8.76. The van der Waals surface area contributed by atoms with Gasteiger partial charge < -0.3 is 9.88 Å². The minimum atomic E-state index is 0.148. The van der Waals surface area contributed by atoms with Crippen molar-refractivity contribution in [3.63, 3.8) is 0 Å². The van der Waals surface area contributed by atoms with E-state index in [0.717, 1.165) is 55.4 Å². The van der Waals surface area contributed by atoms with Crippen molar-refractivity contribution in [2.45, 2.75) is 46.0 Å². The van der Waals surface area contributed by atoms with Gasteiger partial charge in [0.15, 0.2) is 5.82 Å². The van der Waals surface area contributed by atoms with E-state index in [1.807, 2.05) is 17.9 Å². The third-order valence-electron chi connectivity index (χ3n) is 4.85. The summed E-state index contributed by atoms with van der Waals surface area (Å²) in [5.41, 5.74) is 1.82. The number of carbonyl (C=O) groups is 1. The topological polar surface area (TPSA) is 74.8 Å². The highest BCUT2D eigenvalue weighted by molar-refractivity contribution is 5.79. The SMILES string of the molecule is CCC(CC)C(=O)N1CC[C@@H](c2cc(-c3ncc[nH]3)nc(C)n2)C1. The Bertz CT molecular complexity index is 693. The minimum absolute atomic E-state index is 0.148. The zero-order valence-electron chi connectivity index (χ0n) is 14.6. The average molecular weight is 327 g/mol. The van der Waals surface area contributed by atoms with Crippen molar-refractivity contribution < 1.29 is 4.79 Å². The summed E-state index contributed by atoms with van der Waals surface area (Å²) in [6.45, 7) is 7.65. The Hall–Kier alpha value is -2.24. The summed E-state index contributed by atoms with van der Waals surface area (Å²) in [6, 6.07) is 2.00. The standard InChI is InChI=1S/C18H25N5O/c1-4-13(5-2)18(24)23-9-6-14(11-23)15-10-16(22-12(3)21-15)17-19-7-8-20-17/h7-8,10,13-14H,4-6,9,11H2,1-3H3,(H,19,20)/t14-/m1/s1. The summed E-state index contributed by atoms with van der Waals surface area (Å²) in [4.78, 5) is 31.0. The Morgan fingerprint density at radius 2 is 2.17 bits per heavy atom. The molecule has 0 saturated carbocycles. The molecule has 6 heteroatoms. The lowest BCUT2D eigenvalue weighted by Gasteiger charge is -2.21. The van der Waals surface area contributed by atoms with Gasteiger partial charge in [-0.3, -0.25) is 4.79 Å². The fraction of sp³-hybridized carbons (Fsp3) is 0.556. The predicted molar refractivity (Wildman–Crippen MR) is 92.4 cm³/mol. The van der Waals surface area contributed by atoms with Crippen LogP contribution in [-0.2, 0) is 4.79 Å². The van der Waals surface area contributed by atoms with E-state index in [4.69, 9.17) is 0 Å². The van der Waals surface area contributed by atoms with Crippen LogP contribution in [0.4, 0.5) is 0 Å². The van der Waals surface area contributed by atoms with Crippen LogP contribution in [-0.4, -0.2) is 43.8 Å². The first kappa shape index (κ1) is 16.6. The normalized spacial score (nSPS) is 17.7. The molecule has 1 aliphatic heterocycles. The third kappa shape index (κ3) is 3.32. The molecule has 128 valence electrons. The molecule has 2 aromatic rings. The van der Waals surface area contributed by atoms with E-state index < -0.39 is 0 Å². The smallest absolute Gasteiger partial charge is 0.225 e. The number of aromatic amines is 1. The molecule has 1 N–H and O–H groups in total. The molecule has 3 heterocycles. The van der Waals surface area contributed by atoms with Crippen molar-refractivity contribution in [2.75, 3.05) is 13.1 Å². The van der Waals surface area contributed by atoms with Crippen LogP contribution >= 0.6 is 0 Å². The van der Waals surface area contributed by atoms with Crippen LogP contribution < -0.4 is 0 Å². The molecule has 0 bridgehead atoms. The fourth-order valence-corrected chi connectivity index (χ4v) is 3.42. The monoisotopic (exact) mass is 327 g/mol. The van der Waals surface area contributed by atoms with Crippen LogP contribution in [0.25, 0.3) is 11.5 Å². The molecular formula is C18H25N5O. The first-order chi connectivity index (χ1) is 11.6. The number of likely N-dealkylation sites (tertiary alicyclic amines) is 1. The molecule has 1 fully saturated rings. The van der Waals surface area contributed by atoms with Crippen LogP contribution in [0.5, 0.6) is 0 Å². The maximum absolute atomic E-state index is 12.6. The summed E-state index contributed by atoms with van der Waals surface area (Å²) in [5, 5.41) is 0. The number of nitrogens with zero attached hydrogens (tertiary/aromatic N) is 4. The number of carbonyl (C=O) groups excluding carboxylic acids is 1. The number of amides is 1. The Morgan fingerprint density at radius 3 is 2.83 bits per heavy atom. The van der Waals surface area contributed by atoms with Crippen LogP contribution in [0.1, 0.15) is 50.5 Å². The van der Waals surface area contributed by atoms with Gasteiger partial charge in [-0.2, -0.15) is 0 Å². The van der Waals surface area contributed by atoms with Gasteiger partial charge in [0.25, 0.3) is 0 Å². The van der Waals surface area contributed by atoms with Crippen molar-refractivity contribution in [3.8, 4) is 11.5 Å². The summed E-state index contributed by atoms with van der Waals surface area (Å²) < 4.78 is 0. The molecule has 1 saturated heterocycles. The molecule has 0 radical (unpaired) electrons. The van der Waals surface area contributed by atoms with Gasteiger partial charge in [-0.1, -0.05) is 13.8 Å². The maximum Gasteiger partial charge on any atom is 0.225 e. The van der Waals surface area contributed by atoms with Crippen molar-refractivity contribution >= 4 is 5.91 Å². The van der Waals surface area contributed by atoms with Gasteiger partial charge in [0.05, 0.1) is 0 Å². The van der Waals surface area contributed by atoms with Gasteiger partial charge in [0.2, 0.25) is 5.91 Å². The zero-order valence-corrected chi connectivity index (χ0v) is 14.6. The van der Waals surface area contributed by atoms with Crippen molar-refractivity contribution in [2.24, 2.45) is 5.92 Å². The van der Waals surface area contributed by atoms with E-state index in [1.54, 1.807) is 12.4 Å². The van der Waals surface area contributed by atoms with Crippen molar-refractivity contribution in [1.82, 2.24) is 24.8 Å². The molecule has 0 unspecified atom stereocenters. The summed E-state index contributed by atoms with van der Waals surface area (Å²) in [7, 11) is 0. The molecule has 3 rings (SSSR count). The first-order valence-electron chi connectivity index (χ1n) is 8.76. The number of aryl methyl sites for hydroxylation is 1. The van der Waals surface area contributed by atoms with Crippen LogP contribution in [0, 0.1) is 12.8 Å². The highest BCUT2D eigenvalue weighted by Gasteiger charge is 2.31. The largest absolute Gasteiger partial charge is 0.343 e. The molecule has 0 aromatic carbocycles. The minimum Gasteiger partial charge on any atom is -0.343 e. The number of nitrogens with one attached hydrogen (secondary N) is 1. The zero-order chi connectivity index (χ0) is 17.1. The lowest BCUT2D eigenvalue weighted by molar-refractivity contribution is -0.134. The number of hydrogen-bond donors (Lipinski definition) is 1. The second-order valence-corrected chi connectivity index (χ2v) is 6.45. The van der Waals surface area contributed by atoms with Gasteiger partial charge in [0.1, 0.15) is 11.5 Å². The molecule has 1 atom stereocenters. The number of rotatable bonds is 5. The van der Waals surface area contributed by atoms with Gasteiger partial charge in [-0.15, -0.1) is 0 Å². The van der Waals surface area contributed by atoms with Crippen molar-refractivity contribution in [3.05, 3.63) is 30.0 Å². The molecule has 1 aliphatic rings. The lowest BCUT2D eigenvalue weighted by Crippen LogP contribution is -2.33. The van der Waals surface area contributed by atoms with E-state index in [9.17, 15) is 4.79 Å². The highest BCUT2D eigenvalue weighted by Crippen LogP contribution is 2.29. The van der Waals surface area contributed by atoms with Gasteiger partial charge in [-0.25, -0.2) is 15.0 Å². The van der Waals surface area contributed by atoms with E-state index >= 15 is 0 Å². The van der Waals surface area contributed by atoms with Gasteiger partial charge >= 0.3 is 0 Å². The van der Waals surface area contributed by atoms with Gasteiger partial charge in [-0.05, 0) is 32.3 Å².